The Morgan fingerprint density at radius 2 is 1.19 bits per heavy atom. The molecule has 4 rings (SSSR count). The van der Waals surface area contributed by atoms with Crippen LogP contribution in [0.5, 0.6) is 5.75 Å². The predicted octanol–water partition coefficient (Wildman–Crippen LogP) is 9.12. The number of benzene rings is 1. The van der Waals surface area contributed by atoms with Crippen molar-refractivity contribution < 1.29 is 13.5 Å². The molecule has 3 fully saturated rings. The third kappa shape index (κ3) is 6.93. The van der Waals surface area contributed by atoms with Crippen molar-refractivity contribution in [2.45, 2.75) is 115 Å². The van der Waals surface area contributed by atoms with E-state index in [2.05, 4.69) is 4.74 Å². The third-order valence-electron chi connectivity index (χ3n) is 8.86. The molecular formula is C28H42F2O. The zero-order chi connectivity index (χ0) is 21.5. The number of unbranched alkanes of at least 4 members (excludes halogenated alkanes) is 1. The fourth-order valence-corrected chi connectivity index (χ4v) is 6.96. The minimum atomic E-state index is -2.74. The molecule has 0 amide bonds. The number of rotatable bonds is 9. The predicted molar refractivity (Wildman–Crippen MR) is 124 cm³/mol. The minimum absolute atomic E-state index is 0.266. The van der Waals surface area contributed by atoms with Crippen LogP contribution in [0.4, 0.5) is 8.78 Å². The summed E-state index contributed by atoms with van der Waals surface area (Å²) in [7, 11) is 0. The lowest BCUT2D eigenvalue weighted by Gasteiger charge is -2.38. The van der Waals surface area contributed by atoms with Crippen LogP contribution in [0.25, 0.3) is 0 Å². The monoisotopic (exact) mass is 432 g/mol. The topological polar surface area (TPSA) is 9.23 Å². The molecule has 0 saturated heterocycles. The highest BCUT2D eigenvalue weighted by molar-refractivity contribution is 5.29. The summed E-state index contributed by atoms with van der Waals surface area (Å²) in [5.74, 6) is 4.80. The van der Waals surface area contributed by atoms with E-state index in [-0.39, 0.29) is 5.75 Å². The Balaban J connectivity index is 1.12. The summed E-state index contributed by atoms with van der Waals surface area (Å²) in [4.78, 5) is 0. The third-order valence-corrected chi connectivity index (χ3v) is 8.86. The molecule has 3 heteroatoms. The summed E-state index contributed by atoms with van der Waals surface area (Å²) < 4.78 is 29.1. The smallest absolute Gasteiger partial charge is 0.387 e. The molecule has 0 heterocycles. The van der Waals surface area contributed by atoms with Crippen LogP contribution in [-0.2, 0) is 0 Å². The highest BCUT2D eigenvalue weighted by atomic mass is 19.3. The van der Waals surface area contributed by atoms with Crippen molar-refractivity contribution in [3.63, 3.8) is 0 Å². The maximum atomic E-state index is 12.3. The average molecular weight is 433 g/mol. The molecule has 3 aliphatic rings. The maximum absolute atomic E-state index is 12.3. The van der Waals surface area contributed by atoms with Gasteiger partial charge < -0.3 is 4.74 Å². The zero-order valence-corrected chi connectivity index (χ0v) is 19.3. The van der Waals surface area contributed by atoms with E-state index < -0.39 is 6.61 Å². The van der Waals surface area contributed by atoms with Gasteiger partial charge >= 0.3 is 6.61 Å². The molecule has 0 atom stereocenters. The molecule has 1 nitrogen and oxygen atoms in total. The second-order valence-electron chi connectivity index (χ2n) is 10.8. The van der Waals surface area contributed by atoms with Gasteiger partial charge in [-0.1, -0.05) is 76.3 Å². The molecule has 0 unspecified atom stereocenters. The van der Waals surface area contributed by atoms with E-state index in [1.807, 2.05) is 12.1 Å². The van der Waals surface area contributed by atoms with Crippen LogP contribution >= 0.6 is 0 Å². The molecule has 0 radical (unpaired) electrons. The molecule has 1 aromatic carbocycles. The summed E-state index contributed by atoms with van der Waals surface area (Å²) in [5.41, 5.74) is 1.29. The highest BCUT2D eigenvalue weighted by Crippen LogP contribution is 2.44. The number of halogens is 2. The summed E-state index contributed by atoms with van der Waals surface area (Å²) in [6, 6.07) is 7.37. The van der Waals surface area contributed by atoms with Crippen LogP contribution in [0.3, 0.4) is 0 Å². The number of alkyl halides is 2. The normalized spacial score (nSPS) is 30.0. The molecule has 3 saturated carbocycles. The maximum Gasteiger partial charge on any atom is 0.387 e. The van der Waals surface area contributed by atoms with E-state index in [0.717, 1.165) is 23.7 Å². The first-order valence-corrected chi connectivity index (χ1v) is 13.2. The van der Waals surface area contributed by atoms with E-state index in [1.54, 1.807) is 12.1 Å². The molecule has 0 spiro atoms. The Morgan fingerprint density at radius 3 is 1.74 bits per heavy atom. The highest BCUT2D eigenvalue weighted by Gasteiger charge is 2.31. The zero-order valence-electron chi connectivity index (χ0n) is 19.3. The summed E-state index contributed by atoms with van der Waals surface area (Å²) in [5, 5.41) is 0. The summed E-state index contributed by atoms with van der Waals surface area (Å²) in [6.07, 6.45) is 23.0. The summed E-state index contributed by atoms with van der Waals surface area (Å²) in [6.45, 7) is -2.74. The Labute approximate surface area is 188 Å². The van der Waals surface area contributed by atoms with Crippen molar-refractivity contribution in [1.82, 2.24) is 0 Å². The first-order chi connectivity index (χ1) is 15.2. The summed E-state index contributed by atoms with van der Waals surface area (Å²) >= 11 is 0. The van der Waals surface area contributed by atoms with Crippen molar-refractivity contribution in [3.05, 3.63) is 29.8 Å². The first-order valence-electron chi connectivity index (χ1n) is 13.2. The SMILES string of the molecule is FC(F)Oc1ccc(C2CCC(C3CCC(CCCCC4CCCC4)CC3)CC2)cc1. The molecular weight excluding hydrogens is 390 g/mol. The van der Waals surface area contributed by atoms with Crippen LogP contribution in [0.2, 0.25) is 0 Å². The molecule has 0 bridgehead atoms. The Morgan fingerprint density at radius 1 is 0.677 bits per heavy atom. The van der Waals surface area contributed by atoms with Crippen molar-refractivity contribution in [2.24, 2.45) is 23.7 Å². The van der Waals surface area contributed by atoms with Crippen LogP contribution in [0.15, 0.2) is 24.3 Å². The van der Waals surface area contributed by atoms with Gasteiger partial charge in [0.1, 0.15) is 5.75 Å². The van der Waals surface area contributed by atoms with Gasteiger partial charge in [-0.15, -0.1) is 0 Å². The standard InChI is InChI=1S/C28H42F2O/c29-28(30)31-27-19-17-26(18-20-27)25-15-13-24(14-16-25)23-11-9-22(10-12-23)8-4-3-7-21-5-1-2-6-21/h17-25,28H,1-16H2. The molecule has 0 aliphatic heterocycles. The van der Waals surface area contributed by atoms with Crippen LogP contribution in [0, 0.1) is 23.7 Å². The quantitative estimate of drug-likeness (QED) is 0.353. The van der Waals surface area contributed by atoms with Gasteiger partial charge in [-0.3, -0.25) is 0 Å². The van der Waals surface area contributed by atoms with E-state index in [9.17, 15) is 8.78 Å². The van der Waals surface area contributed by atoms with Gasteiger partial charge in [-0.05, 0) is 85.8 Å². The fraction of sp³-hybridized carbons (Fsp3) is 0.786. The molecule has 3 aliphatic carbocycles. The van der Waals surface area contributed by atoms with Gasteiger partial charge in [0, 0.05) is 0 Å². The molecule has 0 aromatic heterocycles. The van der Waals surface area contributed by atoms with Gasteiger partial charge in [0.2, 0.25) is 0 Å². The molecule has 174 valence electrons. The van der Waals surface area contributed by atoms with Crippen molar-refractivity contribution in [1.29, 1.82) is 0 Å². The molecule has 0 N–H and O–H groups in total. The lowest BCUT2D eigenvalue weighted by atomic mass is 9.68. The fourth-order valence-electron chi connectivity index (χ4n) is 6.96. The number of hydrogen-bond acceptors (Lipinski definition) is 1. The van der Waals surface area contributed by atoms with Gasteiger partial charge in [0.05, 0.1) is 0 Å². The van der Waals surface area contributed by atoms with Crippen LogP contribution in [-0.4, -0.2) is 6.61 Å². The lowest BCUT2D eigenvalue weighted by Crippen LogP contribution is -2.25. The second-order valence-corrected chi connectivity index (χ2v) is 10.8. The van der Waals surface area contributed by atoms with Gasteiger partial charge in [-0.2, -0.15) is 8.78 Å². The van der Waals surface area contributed by atoms with E-state index >= 15 is 0 Å². The van der Waals surface area contributed by atoms with Crippen LogP contribution < -0.4 is 4.74 Å². The van der Waals surface area contributed by atoms with Crippen LogP contribution in [0.1, 0.15) is 114 Å². The Hall–Kier alpha value is -1.12. The van der Waals surface area contributed by atoms with Gasteiger partial charge in [0.15, 0.2) is 0 Å². The Kier molecular flexibility index (Phi) is 8.67. The second kappa shape index (κ2) is 11.7. The number of ether oxygens (including phenoxy) is 1. The minimum Gasteiger partial charge on any atom is -0.435 e. The van der Waals surface area contributed by atoms with Crippen molar-refractivity contribution in [2.75, 3.05) is 0 Å². The van der Waals surface area contributed by atoms with E-state index in [4.69, 9.17) is 0 Å². The number of hydrogen-bond donors (Lipinski definition) is 0. The first kappa shape index (κ1) is 23.1. The van der Waals surface area contributed by atoms with Gasteiger partial charge in [-0.25, -0.2) is 0 Å². The lowest BCUT2D eigenvalue weighted by molar-refractivity contribution is -0.0498. The largest absolute Gasteiger partial charge is 0.435 e. The van der Waals surface area contributed by atoms with E-state index in [0.29, 0.717) is 5.92 Å². The van der Waals surface area contributed by atoms with Crippen molar-refractivity contribution >= 4 is 0 Å². The molecule has 1 aromatic rings. The molecule has 31 heavy (non-hydrogen) atoms. The van der Waals surface area contributed by atoms with E-state index in [1.165, 1.54) is 108 Å². The average Bonchev–Trinajstić information content (AvgIpc) is 3.31. The Bertz CT molecular complexity index is 621. The van der Waals surface area contributed by atoms with Crippen molar-refractivity contribution in [3.8, 4) is 5.75 Å². The van der Waals surface area contributed by atoms with Gasteiger partial charge in [0.25, 0.3) is 0 Å².